The van der Waals surface area contributed by atoms with Gasteiger partial charge in [-0.25, -0.2) is 9.59 Å². The normalized spacial score (nSPS) is 18.3. The summed E-state index contributed by atoms with van der Waals surface area (Å²) in [6.07, 6.45) is 2.04. The van der Waals surface area contributed by atoms with Gasteiger partial charge in [-0.3, -0.25) is 14.5 Å². The first kappa shape index (κ1) is 33.3. The van der Waals surface area contributed by atoms with Gasteiger partial charge in [-0.15, -0.1) is 11.8 Å². The molecule has 3 atom stereocenters. The van der Waals surface area contributed by atoms with Crippen LogP contribution >= 0.6 is 11.8 Å². The Morgan fingerprint density at radius 3 is 2.09 bits per heavy atom. The maximum absolute atomic E-state index is 14.0. The van der Waals surface area contributed by atoms with E-state index < -0.39 is 53.0 Å². The van der Waals surface area contributed by atoms with E-state index in [4.69, 9.17) is 9.47 Å². The number of carbonyl (C=O) groups is 4. The van der Waals surface area contributed by atoms with Crippen LogP contribution in [0.1, 0.15) is 56.5 Å². The number of alkyl carbamates (subject to hydrolysis) is 1. The second kappa shape index (κ2) is 14.2. The van der Waals surface area contributed by atoms with E-state index in [0.717, 1.165) is 11.1 Å². The van der Waals surface area contributed by atoms with Gasteiger partial charge >= 0.3 is 12.1 Å². The minimum atomic E-state index is -1.23. The molecule has 10 nitrogen and oxygen atoms in total. The Balaban J connectivity index is 1.38. The third-order valence-electron chi connectivity index (χ3n) is 7.44. The molecule has 2 heterocycles. The maximum Gasteiger partial charge on any atom is 0.408 e. The lowest BCUT2D eigenvalue weighted by Gasteiger charge is -2.49. The van der Waals surface area contributed by atoms with Crippen molar-refractivity contribution in [2.45, 2.75) is 56.9 Å². The van der Waals surface area contributed by atoms with Crippen molar-refractivity contribution in [3.63, 3.8) is 0 Å². The van der Waals surface area contributed by atoms with E-state index >= 15 is 0 Å². The van der Waals surface area contributed by atoms with Crippen LogP contribution in [0.4, 0.5) is 4.79 Å². The summed E-state index contributed by atoms with van der Waals surface area (Å²) in [5.74, 6) is -1.41. The first-order chi connectivity index (χ1) is 22.5. The highest BCUT2D eigenvalue weighted by Gasteiger charge is 2.55. The highest BCUT2D eigenvalue weighted by Crippen LogP contribution is 2.42. The third-order valence-corrected chi connectivity index (χ3v) is 8.74. The number of ether oxygens (including phenoxy) is 2. The Bertz CT molecular complexity index is 1650. The number of benzene rings is 3. The van der Waals surface area contributed by atoms with E-state index in [0.29, 0.717) is 16.9 Å². The molecule has 0 saturated carbocycles. The van der Waals surface area contributed by atoms with Gasteiger partial charge in [-0.05, 0) is 62.1 Å². The minimum absolute atomic E-state index is 0.0153. The van der Waals surface area contributed by atoms with E-state index in [-0.39, 0.29) is 11.4 Å². The minimum Gasteiger partial charge on any atom is -0.508 e. The number of nitrogens with one attached hydrogen (secondary N) is 2. The molecule has 3 aromatic carbocycles. The predicted molar refractivity (Wildman–Crippen MR) is 178 cm³/mol. The molecule has 1 fully saturated rings. The molecule has 47 heavy (non-hydrogen) atoms. The van der Waals surface area contributed by atoms with E-state index in [2.05, 4.69) is 10.6 Å². The number of hydrogen-bond acceptors (Lipinski definition) is 8. The zero-order chi connectivity index (χ0) is 33.7. The molecule has 0 aliphatic carbocycles. The van der Waals surface area contributed by atoms with Crippen LogP contribution < -0.4 is 10.6 Å². The summed E-state index contributed by atoms with van der Waals surface area (Å²) in [5, 5.41) is 14.5. The lowest BCUT2D eigenvalue weighted by molar-refractivity contribution is -0.154. The quantitative estimate of drug-likeness (QED) is 0.203. The van der Waals surface area contributed by atoms with Gasteiger partial charge in [0, 0.05) is 5.75 Å². The summed E-state index contributed by atoms with van der Waals surface area (Å²) in [6, 6.07) is 22.3. The summed E-state index contributed by atoms with van der Waals surface area (Å²) in [5.41, 5.74) is 1.87. The van der Waals surface area contributed by atoms with Gasteiger partial charge in [0.05, 0.1) is 0 Å². The number of amides is 3. The number of thioether (sulfide) groups is 1. The van der Waals surface area contributed by atoms with Crippen molar-refractivity contribution in [2.75, 3.05) is 5.75 Å². The van der Waals surface area contributed by atoms with Crippen LogP contribution in [0.5, 0.6) is 5.75 Å². The molecule has 0 radical (unpaired) electrons. The van der Waals surface area contributed by atoms with E-state index in [1.54, 1.807) is 32.9 Å². The largest absolute Gasteiger partial charge is 0.508 e. The van der Waals surface area contributed by atoms with Crippen LogP contribution in [-0.2, 0) is 23.9 Å². The zero-order valence-electron chi connectivity index (χ0n) is 26.5. The molecule has 0 spiro atoms. The highest BCUT2D eigenvalue weighted by molar-refractivity contribution is 8.00. The number of β-lactam (4-membered cyclic amide) rings is 1. The summed E-state index contributed by atoms with van der Waals surface area (Å²) >= 11 is 1.41. The van der Waals surface area contributed by atoms with Gasteiger partial charge in [0.2, 0.25) is 5.91 Å². The predicted octanol–water partition coefficient (Wildman–Crippen LogP) is 5.52. The molecule has 244 valence electrons. The van der Waals surface area contributed by atoms with Gasteiger partial charge in [-0.2, -0.15) is 0 Å². The van der Waals surface area contributed by atoms with Crippen LogP contribution in [0.3, 0.4) is 0 Å². The van der Waals surface area contributed by atoms with E-state index in [9.17, 15) is 24.3 Å². The number of fused-ring (bicyclic) bond motifs is 1. The molecule has 0 unspecified atom stereocenters. The fraction of sp³-hybridized carbons (Fsp3) is 0.278. The van der Waals surface area contributed by atoms with Gasteiger partial charge < -0.3 is 25.2 Å². The van der Waals surface area contributed by atoms with Gasteiger partial charge in [0.15, 0.2) is 6.10 Å². The first-order valence-corrected chi connectivity index (χ1v) is 16.2. The number of hydrogen-bond donors (Lipinski definition) is 3. The Hall–Kier alpha value is -5.03. The van der Waals surface area contributed by atoms with Crippen molar-refractivity contribution in [1.29, 1.82) is 0 Å². The zero-order valence-corrected chi connectivity index (χ0v) is 27.3. The SMILES string of the molecule is C/C=C\C1=C(C(=O)OC(c2ccccc2)c2ccccc2)N2C(=O)[C@@H](NC(=O)[C@H](NC(=O)OC(C)(C)C)c3ccc(O)cc3)[C@H]2SC1. The summed E-state index contributed by atoms with van der Waals surface area (Å²) < 4.78 is 11.5. The van der Waals surface area contributed by atoms with Crippen molar-refractivity contribution in [1.82, 2.24) is 15.5 Å². The van der Waals surface area contributed by atoms with Crippen molar-refractivity contribution >= 4 is 35.6 Å². The molecule has 0 bridgehead atoms. The summed E-state index contributed by atoms with van der Waals surface area (Å²) in [4.78, 5) is 55.4. The molecule has 0 aromatic heterocycles. The van der Waals surface area contributed by atoms with Crippen LogP contribution in [0.15, 0.2) is 108 Å². The number of carbonyl (C=O) groups excluding carboxylic acids is 4. The lowest BCUT2D eigenvalue weighted by atomic mass is 9.99. The van der Waals surface area contributed by atoms with Crippen LogP contribution in [-0.4, -0.2) is 56.7 Å². The Morgan fingerprint density at radius 1 is 0.936 bits per heavy atom. The topological polar surface area (TPSA) is 134 Å². The second-order valence-corrected chi connectivity index (χ2v) is 13.2. The number of allylic oxidation sites excluding steroid dienone is 2. The molecule has 2 aliphatic heterocycles. The van der Waals surface area contributed by atoms with Crippen LogP contribution in [0.2, 0.25) is 0 Å². The number of esters is 1. The molecule has 3 amide bonds. The summed E-state index contributed by atoms with van der Waals surface area (Å²) in [7, 11) is 0. The van der Waals surface area contributed by atoms with E-state index in [1.807, 2.05) is 67.6 Å². The lowest BCUT2D eigenvalue weighted by Crippen LogP contribution is -2.71. The van der Waals surface area contributed by atoms with Crippen LogP contribution in [0.25, 0.3) is 0 Å². The molecule has 5 rings (SSSR count). The van der Waals surface area contributed by atoms with Gasteiger partial charge in [0.25, 0.3) is 5.91 Å². The number of nitrogens with zero attached hydrogens (tertiary/aromatic N) is 1. The Kier molecular flexibility index (Phi) is 10.0. The molecule has 3 N–H and O–H groups in total. The first-order valence-electron chi connectivity index (χ1n) is 15.2. The average molecular weight is 656 g/mol. The fourth-order valence-electron chi connectivity index (χ4n) is 5.34. The molecule has 11 heteroatoms. The molecular weight excluding hydrogens is 618 g/mol. The second-order valence-electron chi connectivity index (χ2n) is 12.0. The molecular formula is C36H37N3O7S. The van der Waals surface area contributed by atoms with Crippen LogP contribution in [0, 0.1) is 0 Å². The standard InChI is InChI=1S/C36H37N3O7S/c1-5-12-25-21-47-33-28(37-31(41)27(22-17-19-26(40)20-18-22)38-35(44)46-36(2,3)4)32(42)39(33)29(25)34(43)45-30(23-13-8-6-9-14-23)24-15-10-7-11-16-24/h5-20,27-28,30,33,40H,21H2,1-4H3,(H,37,41)(H,38,44)/b12-5-/t27-,28-,33-/m1/s1. The van der Waals surface area contributed by atoms with E-state index in [1.165, 1.54) is 40.9 Å². The van der Waals surface area contributed by atoms with Crippen molar-refractivity contribution in [2.24, 2.45) is 0 Å². The van der Waals surface area contributed by atoms with Gasteiger partial charge in [0.1, 0.15) is 34.5 Å². The number of rotatable bonds is 9. The Labute approximate surface area is 277 Å². The maximum atomic E-state index is 14.0. The summed E-state index contributed by atoms with van der Waals surface area (Å²) in [6.45, 7) is 6.92. The number of phenolic OH excluding ortho intramolecular Hbond substituents is 1. The van der Waals surface area contributed by atoms with Crippen molar-refractivity contribution < 1.29 is 33.8 Å². The number of aromatic hydroxyl groups is 1. The smallest absolute Gasteiger partial charge is 0.408 e. The Morgan fingerprint density at radius 2 is 1.53 bits per heavy atom. The average Bonchev–Trinajstić information content (AvgIpc) is 3.05. The van der Waals surface area contributed by atoms with Crippen molar-refractivity contribution in [3.05, 3.63) is 125 Å². The monoisotopic (exact) mass is 655 g/mol. The number of phenols is 1. The fourth-order valence-corrected chi connectivity index (χ4v) is 6.66. The third kappa shape index (κ3) is 7.69. The molecule has 1 saturated heterocycles. The molecule has 2 aliphatic rings. The van der Waals surface area contributed by atoms with Gasteiger partial charge in [-0.1, -0.05) is 84.9 Å². The highest BCUT2D eigenvalue weighted by atomic mass is 32.2. The molecule has 3 aromatic rings. The van der Waals surface area contributed by atoms with Crippen molar-refractivity contribution in [3.8, 4) is 5.75 Å².